The SMILES string of the molecule is O=C1C=CC(=CC=C2C=CN(Cc3ccccc3[N+](=O)[O-])C=C2)C=C1. The molecule has 1 aromatic rings. The van der Waals surface area contributed by atoms with Crippen LogP contribution in [0.15, 0.2) is 96.4 Å². The van der Waals surface area contributed by atoms with Gasteiger partial charge in [0.25, 0.3) is 5.69 Å². The molecule has 25 heavy (non-hydrogen) atoms. The Bertz CT molecular complexity index is 852. The predicted octanol–water partition coefficient (Wildman–Crippen LogP) is 3.99. The third-order valence-electron chi connectivity index (χ3n) is 3.81. The average Bonchev–Trinajstić information content (AvgIpc) is 2.63. The third-order valence-corrected chi connectivity index (χ3v) is 3.81. The van der Waals surface area contributed by atoms with Crippen molar-refractivity contribution in [3.8, 4) is 0 Å². The van der Waals surface area contributed by atoms with Crippen LogP contribution in [-0.4, -0.2) is 15.6 Å². The number of benzene rings is 1. The first-order valence-electron chi connectivity index (χ1n) is 7.78. The Kier molecular flexibility index (Phi) is 4.85. The Hall–Kier alpha value is -3.47. The van der Waals surface area contributed by atoms with Crippen molar-refractivity contribution in [3.05, 3.63) is 112 Å². The average molecular weight is 332 g/mol. The monoisotopic (exact) mass is 332 g/mol. The number of para-hydroxylation sites is 1. The van der Waals surface area contributed by atoms with Crippen LogP contribution in [0.5, 0.6) is 0 Å². The minimum Gasteiger partial charge on any atom is -0.350 e. The van der Waals surface area contributed by atoms with Crippen LogP contribution < -0.4 is 0 Å². The summed E-state index contributed by atoms with van der Waals surface area (Å²) < 4.78 is 0. The fourth-order valence-electron chi connectivity index (χ4n) is 2.48. The second-order valence-corrected chi connectivity index (χ2v) is 5.59. The predicted molar refractivity (Wildman–Crippen MR) is 96.4 cm³/mol. The Labute approximate surface area is 145 Å². The number of ketones is 1. The Morgan fingerprint density at radius 2 is 1.52 bits per heavy atom. The van der Waals surface area contributed by atoms with Crippen LogP contribution in [0.2, 0.25) is 0 Å². The van der Waals surface area contributed by atoms with E-state index in [0.717, 1.165) is 11.1 Å². The largest absolute Gasteiger partial charge is 0.350 e. The Balaban J connectivity index is 1.67. The molecule has 1 aromatic carbocycles. The van der Waals surface area contributed by atoms with Gasteiger partial charge in [-0.15, -0.1) is 0 Å². The molecule has 0 bridgehead atoms. The van der Waals surface area contributed by atoms with Crippen molar-refractivity contribution in [1.29, 1.82) is 0 Å². The molecule has 0 radical (unpaired) electrons. The molecule has 0 saturated carbocycles. The number of rotatable bonds is 4. The number of nitrogens with zero attached hydrogens (tertiary/aromatic N) is 2. The van der Waals surface area contributed by atoms with E-state index in [1.807, 2.05) is 41.6 Å². The van der Waals surface area contributed by atoms with Crippen molar-refractivity contribution in [2.75, 3.05) is 0 Å². The first kappa shape index (κ1) is 16.4. The van der Waals surface area contributed by atoms with Crippen LogP contribution in [-0.2, 0) is 11.3 Å². The minimum atomic E-state index is -0.361. The summed E-state index contributed by atoms with van der Waals surface area (Å²) in [6.45, 7) is 0.437. The Morgan fingerprint density at radius 1 is 0.920 bits per heavy atom. The summed E-state index contributed by atoms with van der Waals surface area (Å²) in [7, 11) is 0. The van der Waals surface area contributed by atoms with Gasteiger partial charge in [0, 0.05) is 24.0 Å². The van der Waals surface area contributed by atoms with E-state index in [2.05, 4.69) is 0 Å². The summed E-state index contributed by atoms with van der Waals surface area (Å²) in [6.07, 6.45) is 18.1. The van der Waals surface area contributed by atoms with E-state index >= 15 is 0 Å². The molecule has 0 saturated heterocycles. The lowest BCUT2D eigenvalue weighted by atomic mass is 10.1. The minimum absolute atomic E-state index is 0.00657. The van der Waals surface area contributed by atoms with Gasteiger partial charge in [-0.05, 0) is 35.5 Å². The molecule has 1 heterocycles. The van der Waals surface area contributed by atoms with E-state index < -0.39 is 0 Å². The van der Waals surface area contributed by atoms with Gasteiger partial charge >= 0.3 is 0 Å². The van der Waals surface area contributed by atoms with Gasteiger partial charge < -0.3 is 4.90 Å². The first-order valence-corrected chi connectivity index (χ1v) is 7.78. The molecule has 0 amide bonds. The van der Waals surface area contributed by atoms with Gasteiger partial charge in [0.15, 0.2) is 5.78 Å². The number of carbonyl (C=O) groups is 1. The molecular formula is C20H16N2O3. The lowest BCUT2D eigenvalue weighted by molar-refractivity contribution is -0.385. The number of nitro groups is 1. The smallest absolute Gasteiger partial charge is 0.274 e. The zero-order valence-electron chi connectivity index (χ0n) is 13.4. The maximum atomic E-state index is 11.1. The zero-order chi connectivity index (χ0) is 17.6. The fourth-order valence-corrected chi connectivity index (χ4v) is 2.48. The molecule has 0 fully saturated rings. The zero-order valence-corrected chi connectivity index (χ0v) is 13.4. The topological polar surface area (TPSA) is 63.5 Å². The van der Waals surface area contributed by atoms with Gasteiger partial charge in [-0.2, -0.15) is 0 Å². The van der Waals surface area contributed by atoms with E-state index in [-0.39, 0.29) is 16.4 Å². The van der Waals surface area contributed by atoms with Gasteiger partial charge in [0.05, 0.1) is 11.5 Å². The van der Waals surface area contributed by atoms with Crippen LogP contribution in [0.25, 0.3) is 0 Å². The molecule has 0 aromatic heterocycles. The number of nitro benzene ring substituents is 1. The van der Waals surface area contributed by atoms with E-state index in [4.69, 9.17) is 0 Å². The molecule has 3 rings (SSSR count). The summed E-state index contributed by atoms with van der Waals surface area (Å²) >= 11 is 0. The molecular weight excluding hydrogens is 316 g/mol. The number of allylic oxidation sites excluding steroid dienone is 10. The molecule has 124 valence electrons. The number of carbonyl (C=O) groups excluding carboxylic acids is 1. The number of hydrogen-bond acceptors (Lipinski definition) is 4. The van der Waals surface area contributed by atoms with Crippen molar-refractivity contribution in [1.82, 2.24) is 4.90 Å². The van der Waals surface area contributed by atoms with E-state index in [9.17, 15) is 14.9 Å². The van der Waals surface area contributed by atoms with Crippen molar-refractivity contribution in [2.45, 2.75) is 6.54 Å². The molecule has 1 aliphatic carbocycles. The van der Waals surface area contributed by atoms with Gasteiger partial charge in [-0.3, -0.25) is 14.9 Å². The molecule has 2 aliphatic rings. The summed E-state index contributed by atoms with van der Waals surface area (Å²) in [4.78, 5) is 23.7. The highest BCUT2D eigenvalue weighted by Crippen LogP contribution is 2.21. The lowest BCUT2D eigenvalue weighted by Crippen LogP contribution is -2.12. The highest BCUT2D eigenvalue weighted by Gasteiger charge is 2.14. The summed E-state index contributed by atoms with van der Waals surface area (Å²) in [6, 6.07) is 6.74. The van der Waals surface area contributed by atoms with Gasteiger partial charge in [0.2, 0.25) is 0 Å². The molecule has 0 unspecified atom stereocenters. The highest BCUT2D eigenvalue weighted by atomic mass is 16.6. The van der Waals surface area contributed by atoms with Crippen molar-refractivity contribution < 1.29 is 9.72 Å². The van der Waals surface area contributed by atoms with Crippen LogP contribution in [0, 0.1) is 10.1 Å². The molecule has 1 aliphatic heterocycles. The normalized spacial score (nSPS) is 15.7. The molecule has 5 heteroatoms. The number of hydrogen-bond donors (Lipinski definition) is 0. The van der Waals surface area contributed by atoms with Crippen LogP contribution in [0.3, 0.4) is 0 Å². The highest BCUT2D eigenvalue weighted by molar-refractivity contribution is 6.01. The third kappa shape index (κ3) is 4.29. The van der Waals surface area contributed by atoms with Crippen LogP contribution >= 0.6 is 0 Å². The standard InChI is InChI=1S/C20H16N2O3/c23-19-9-7-16(8-10-19)5-6-17-11-13-21(14-12-17)15-18-3-1-2-4-20(18)22(24)25/h1-14H,15H2. The summed E-state index contributed by atoms with van der Waals surface area (Å²) in [5.41, 5.74) is 2.75. The van der Waals surface area contributed by atoms with E-state index in [1.165, 1.54) is 18.2 Å². The lowest BCUT2D eigenvalue weighted by Gasteiger charge is -2.18. The van der Waals surface area contributed by atoms with Crippen LogP contribution in [0.4, 0.5) is 5.69 Å². The van der Waals surface area contributed by atoms with Gasteiger partial charge in [-0.1, -0.05) is 42.5 Å². The van der Waals surface area contributed by atoms with Crippen molar-refractivity contribution in [2.24, 2.45) is 0 Å². The van der Waals surface area contributed by atoms with Crippen LogP contribution in [0.1, 0.15) is 5.56 Å². The van der Waals surface area contributed by atoms with Gasteiger partial charge in [-0.25, -0.2) is 0 Å². The summed E-state index contributed by atoms with van der Waals surface area (Å²) in [5.74, 6) is -0.00657. The maximum absolute atomic E-state index is 11.1. The first-order chi connectivity index (χ1) is 12.1. The van der Waals surface area contributed by atoms with Gasteiger partial charge in [0.1, 0.15) is 0 Å². The fraction of sp³-hybridized carbons (Fsp3) is 0.0500. The molecule has 0 atom stereocenters. The quantitative estimate of drug-likeness (QED) is 0.618. The van der Waals surface area contributed by atoms with E-state index in [1.54, 1.807) is 30.4 Å². The maximum Gasteiger partial charge on any atom is 0.274 e. The summed E-state index contributed by atoms with van der Waals surface area (Å²) in [5, 5.41) is 11.1. The Morgan fingerprint density at radius 3 is 2.16 bits per heavy atom. The molecule has 0 spiro atoms. The second kappa shape index (κ2) is 7.40. The van der Waals surface area contributed by atoms with E-state index in [0.29, 0.717) is 12.1 Å². The van der Waals surface area contributed by atoms with Crippen molar-refractivity contribution >= 4 is 11.5 Å². The molecule has 5 nitrogen and oxygen atoms in total. The van der Waals surface area contributed by atoms with Crippen molar-refractivity contribution in [3.63, 3.8) is 0 Å². The molecule has 0 N–H and O–H groups in total. The second-order valence-electron chi connectivity index (χ2n) is 5.59.